The molecule has 1 aliphatic heterocycles. The molecular weight excluding hydrogens is 563 g/mol. The highest BCUT2D eigenvalue weighted by Crippen LogP contribution is 2.36. The highest BCUT2D eigenvalue weighted by molar-refractivity contribution is 8.00. The lowest BCUT2D eigenvalue weighted by atomic mass is 10.1. The van der Waals surface area contributed by atoms with Gasteiger partial charge in [0.05, 0.1) is 22.7 Å². The van der Waals surface area contributed by atoms with Gasteiger partial charge in [-0.1, -0.05) is 30.3 Å². The van der Waals surface area contributed by atoms with Crippen LogP contribution < -0.4 is 14.2 Å². The number of nitrogens with one attached hydrogen (secondary N) is 2. The van der Waals surface area contributed by atoms with Crippen LogP contribution in [0.3, 0.4) is 0 Å². The molecule has 4 aromatic rings. The minimum atomic E-state index is -4.57. The van der Waals surface area contributed by atoms with Gasteiger partial charge in [-0.25, -0.2) is 4.98 Å². The number of imidazole rings is 1. The Hall–Kier alpha value is -3.55. The Morgan fingerprint density at radius 2 is 1.68 bits per heavy atom. The summed E-state index contributed by atoms with van der Waals surface area (Å²) in [6.45, 7) is 2.68. The monoisotopic (exact) mass is 590 g/mol. The normalized spacial score (nSPS) is 14.9. The second-order valence-corrected chi connectivity index (χ2v) is 12.1. The molecule has 40 heavy (non-hydrogen) atoms. The van der Waals surface area contributed by atoms with Crippen LogP contribution in [0.25, 0.3) is 11.0 Å². The van der Waals surface area contributed by atoms with Gasteiger partial charge in [-0.3, -0.25) is 4.79 Å². The van der Waals surface area contributed by atoms with E-state index in [9.17, 15) is 26.4 Å². The van der Waals surface area contributed by atoms with Crippen LogP contribution in [0, 0.1) is 0 Å². The molecule has 0 saturated carbocycles. The van der Waals surface area contributed by atoms with Crippen molar-refractivity contribution in [3.63, 3.8) is 0 Å². The number of hydrogen-bond acceptors (Lipinski definition) is 6. The number of benzene rings is 3. The maximum absolute atomic E-state index is 13.6. The number of aromatic nitrogens is 2. The summed E-state index contributed by atoms with van der Waals surface area (Å²) in [6.07, 6.45) is -4.57. The van der Waals surface area contributed by atoms with Crippen LogP contribution in [0.1, 0.15) is 5.56 Å². The molecule has 0 bridgehead atoms. The van der Waals surface area contributed by atoms with Crippen molar-refractivity contribution in [3.8, 4) is 0 Å². The molecule has 2 heterocycles. The van der Waals surface area contributed by atoms with E-state index in [0.717, 1.165) is 41.0 Å². The molecule has 3 aromatic carbocycles. The third kappa shape index (κ3) is 5.81. The molecule has 0 spiro atoms. The zero-order valence-corrected chi connectivity index (χ0v) is 23.1. The van der Waals surface area contributed by atoms with Gasteiger partial charge >= 0.3 is 21.4 Å². The van der Waals surface area contributed by atoms with Crippen molar-refractivity contribution >= 4 is 50.1 Å². The minimum absolute atomic E-state index is 0.0615. The lowest BCUT2D eigenvalue weighted by Gasteiger charge is -2.35. The molecule has 210 valence electrons. The van der Waals surface area contributed by atoms with Gasteiger partial charge in [0.2, 0.25) is 5.91 Å². The van der Waals surface area contributed by atoms with Crippen molar-refractivity contribution in [1.82, 2.24) is 9.88 Å². The first-order chi connectivity index (χ1) is 19.0. The van der Waals surface area contributed by atoms with Gasteiger partial charge in [-0.05, 0) is 61.3 Å². The van der Waals surface area contributed by atoms with E-state index in [0.29, 0.717) is 29.8 Å². The Balaban J connectivity index is 1.42. The number of anilines is 2. The van der Waals surface area contributed by atoms with Gasteiger partial charge in [-0.2, -0.15) is 21.6 Å². The lowest BCUT2D eigenvalue weighted by molar-refractivity contribution is -0.526. The van der Waals surface area contributed by atoms with Crippen molar-refractivity contribution in [3.05, 3.63) is 78.4 Å². The number of likely N-dealkylation sites (N-methyl/N-ethyl adjacent to an activating group) is 1. The van der Waals surface area contributed by atoms with Gasteiger partial charge in [0.15, 0.2) is 11.0 Å². The number of aromatic amines is 1. The number of H-pyrrole nitrogens is 1. The van der Waals surface area contributed by atoms with Crippen LogP contribution in [0.5, 0.6) is 0 Å². The van der Waals surface area contributed by atoms with Gasteiger partial charge in [0.25, 0.3) is 0 Å². The predicted octanol–water partition coefficient (Wildman–Crippen LogP) is 4.19. The topological polar surface area (TPSA) is 89.4 Å². The van der Waals surface area contributed by atoms with Crippen molar-refractivity contribution in [2.24, 2.45) is 0 Å². The molecule has 2 N–H and O–H groups in total. The van der Waals surface area contributed by atoms with Crippen LogP contribution >= 0.6 is 11.8 Å². The number of hydrogen-bond donors (Lipinski definition) is 2. The van der Waals surface area contributed by atoms with Crippen LogP contribution in [0.4, 0.5) is 24.5 Å². The standard InChI is InChI=1S/C27H26F3N5O3S2/c1-33-13-15-34(16-14-33)23-12-11-19(27(28,29)30)17-22(23)31-25(36)18-39-26-32-21-9-5-6-10-24(21)35(26)40(37,38)20-7-3-2-4-8-20/h2-12,17H,13-16,18H2,1H3,(H,31,36)/p+1. The fourth-order valence-electron chi connectivity index (χ4n) is 4.52. The smallest absolute Gasteiger partial charge is 0.367 e. The average Bonchev–Trinajstić information content (AvgIpc) is 3.32. The molecule has 1 saturated heterocycles. The van der Waals surface area contributed by atoms with Crippen molar-refractivity contribution in [1.29, 1.82) is 0 Å². The second-order valence-electron chi connectivity index (χ2n) is 9.39. The van der Waals surface area contributed by atoms with E-state index in [1.807, 2.05) is 11.9 Å². The summed E-state index contributed by atoms with van der Waals surface area (Å²) in [7, 11) is -2.04. The molecule has 8 nitrogen and oxygen atoms in total. The quantitative estimate of drug-likeness (QED) is 0.248. The van der Waals surface area contributed by atoms with E-state index >= 15 is 0 Å². The van der Waals surface area contributed by atoms with E-state index in [1.54, 1.807) is 42.5 Å². The number of piperazine rings is 1. The highest BCUT2D eigenvalue weighted by atomic mass is 32.2. The predicted molar refractivity (Wildman–Crippen MR) is 148 cm³/mol. The average molecular weight is 591 g/mol. The van der Waals surface area contributed by atoms with E-state index < -0.39 is 27.7 Å². The van der Waals surface area contributed by atoms with E-state index in [4.69, 9.17) is 0 Å². The zero-order chi connectivity index (χ0) is 28.5. The Morgan fingerprint density at radius 3 is 2.38 bits per heavy atom. The molecule has 5 rings (SSSR count). The Morgan fingerprint density at radius 1 is 1.00 bits per heavy atom. The molecule has 0 aliphatic carbocycles. The molecule has 1 amide bonds. The summed E-state index contributed by atoms with van der Waals surface area (Å²) < 4.78 is 68.7. The number of carbonyl (C=O) groups excluding carboxylic acids is 1. The number of para-hydroxylation sites is 2. The van der Waals surface area contributed by atoms with Crippen LogP contribution in [-0.2, 0) is 21.0 Å². The lowest BCUT2D eigenvalue weighted by Crippen LogP contribution is -2.44. The van der Waals surface area contributed by atoms with Crippen LogP contribution in [-0.4, -0.2) is 63.2 Å². The number of thioether (sulfide) groups is 1. The van der Waals surface area contributed by atoms with Crippen molar-refractivity contribution in [2.45, 2.75) is 16.2 Å². The molecule has 1 aromatic heterocycles. The summed E-state index contributed by atoms with van der Waals surface area (Å²) in [5.41, 5.74) is 0.665. The molecule has 13 heteroatoms. The van der Waals surface area contributed by atoms with Gasteiger partial charge in [-0.15, -0.1) is 3.97 Å². The Kier molecular flexibility index (Phi) is 7.80. The molecule has 0 unspecified atom stereocenters. The van der Waals surface area contributed by atoms with Gasteiger partial charge in [0.1, 0.15) is 4.90 Å². The SMILES string of the molecule is CN1CCN(c2ccc(C(F)(F)F)cc2NC(=O)CSc2[nH]c3ccccc3[n+]2S(=O)(=O)c2ccccc2)CC1. The Labute approximate surface area is 233 Å². The Bertz CT molecular complexity index is 1630. The molecule has 0 radical (unpaired) electrons. The maximum atomic E-state index is 13.6. The largest absolute Gasteiger partial charge is 0.416 e. The fraction of sp³-hybridized carbons (Fsp3) is 0.259. The van der Waals surface area contributed by atoms with Gasteiger partial charge in [0, 0.05) is 26.2 Å². The minimum Gasteiger partial charge on any atom is -0.367 e. The van der Waals surface area contributed by atoms with E-state index in [-0.39, 0.29) is 21.5 Å². The van der Waals surface area contributed by atoms with Crippen LogP contribution in [0.15, 0.2) is 82.8 Å². The summed E-state index contributed by atoms with van der Waals surface area (Å²) in [4.78, 5) is 20.3. The summed E-state index contributed by atoms with van der Waals surface area (Å²) >= 11 is 0.947. The first-order valence-electron chi connectivity index (χ1n) is 12.4. The number of carbonyl (C=O) groups is 1. The first-order valence-corrected chi connectivity index (χ1v) is 14.9. The first kappa shape index (κ1) is 28.0. The van der Waals surface area contributed by atoms with Crippen molar-refractivity contribution < 1.29 is 30.4 Å². The maximum Gasteiger partial charge on any atom is 0.416 e. The molecule has 1 fully saturated rings. The summed E-state index contributed by atoms with van der Waals surface area (Å²) in [6, 6.07) is 18.1. The second kappa shape index (κ2) is 11.1. The molecular formula is C27H27F3N5O3S2+. The zero-order valence-electron chi connectivity index (χ0n) is 21.5. The number of nitrogens with zero attached hydrogens (tertiary/aromatic N) is 3. The van der Waals surface area contributed by atoms with Gasteiger partial charge < -0.3 is 15.1 Å². The third-order valence-corrected chi connectivity index (χ3v) is 9.42. The van der Waals surface area contributed by atoms with E-state index in [2.05, 4.69) is 15.2 Å². The number of fused-ring (bicyclic) bond motifs is 1. The molecule has 0 atom stereocenters. The number of rotatable bonds is 7. The number of halogens is 3. The molecule has 1 aliphatic rings. The summed E-state index contributed by atoms with van der Waals surface area (Å²) in [5.74, 6) is -0.808. The fourth-order valence-corrected chi connectivity index (χ4v) is 7.10. The third-order valence-electron chi connectivity index (χ3n) is 6.61. The van der Waals surface area contributed by atoms with E-state index in [1.165, 1.54) is 18.2 Å². The van der Waals surface area contributed by atoms with Crippen molar-refractivity contribution in [2.75, 3.05) is 49.2 Å². The number of amides is 1. The summed E-state index contributed by atoms with van der Waals surface area (Å²) in [5, 5.41) is 2.84. The van der Waals surface area contributed by atoms with Crippen LogP contribution in [0.2, 0.25) is 0 Å². The number of alkyl halides is 3. The highest BCUT2D eigenvalue weighted by Gasteiger charge is 2.33.